The summed E-state index contributed by atoms with van der Waals surface area (Å²) in [7, 11) is 0. The fourth-order valence-corrected chi connectivity index (χ4v) is 2.72. The normalized spacial score (nSPS) is 24.2. The first-order valence-electron chi connectivity index (χ1n) is 6.80. The number of rotatable bonds is 3. The van der Waals surface area contributed by atoms with E-state index in [1.807, 2.05) is 0 Å². The summed E-state index contributed by atoms with van der Waals surface area (Å²) < 4.78 is 37.3. The average Bonchev–Trinajstić information content (AvgIpc) is 2.39. The number of nitrogens with zero attached hydrogens (tertiary/aromatic N) is 1. The zero-order valence-corrected chi connectivity index (χ0v) is 11.0. The zero-order chi connectivity index (χ0) is 13.9. The first kappa shape index (κ1) is 14.2. The molecule has 5 heteroatoms. The van der Waals surface area contributed by atoms with E-state index in [1.54, 1.807) is 0 Å². The van der Waals surface area contributed by atoms with Gasteiger partial charge in [0, 0.05) is 12.2 Å². The van der Waals surface area contributed by atoms with E-state index < -0.39 is 11.7 Å². The van der Waals surface area contributed by atoms with E-state index in [4.69, 9.17) is 0 Å². The minimum Gasteiger partial charge on any atom is -0.367 e. The van der Waals surface area contributed by atoms with Crippen molar-refractivity contribution in [3.63, 3.8) is 0 Å². The first-order chi connectivity index (χ1) is 9.00. The van der Waals surface area contributed by atoms with Gasteiger partial charge in [-0.3, -0.25) is 0 Å². The van der Waals surface area contributed by atoms with Crippen LogP contribution in [0.5, 0.6) is 0 Å². The Labute approximate surface area is 111 Å². The highest BCUT2D eigenvalue weighted by Crippen LogP contribution is 2.31. The molecule has 2 unspecified atom stereocenters. The van der Waals surface area contributed by atoms with Crippen LogP contribution in [-0.4, -0.2) is 11.0 Å². The molecule has 1 aliphatic rings. The molecular weight excluding hydrogens is 253 g/mol. The second-order valence-electron chi connectivity index (χ2n) is 5.13. The third-order valence-electron chi connectivity index (χ3n) is 3.86. The smallest absolute Gasteiger partial charge is 0.367 e. The fraction of sp³-hybridized carbons (Fsp3) is 0.643. The molecule has 0 saturated heterocycles. The molecule has 19 heavy (non-hydrogen) atoms. The molecule has 0 aliphatic heterocycles. The Morgan fingerprint density at radius 3 is 2.58 bits per heavy atom. The Morgan fingerprint density at radius 1 is 1.26 bits per heavy atom. The van der Waals surface area contributed by atoms with E-state index in [0.717, 1.165) is 25.1 Å². The fourth-order valence-electron chi connectivity index (χ4n) is 2.72. The molecule has 1 saturated carbocycles. The highest BCUT2D eigenvalue weighted by atomic mass is 19.4. The minimum absolute atomic E-state index is 0.336. The summed E-state index contributed by atoms with van der Waals surface area (Å²) in [6, 6.07) is 2.84. The monoisotopic (exact) mass is 272 g/mol. The highest BCUT2D eigenvalue weighted by Gasteiger charge is 2.31. The second kappa shape index (κ2) is 5.80. The van der Waals surface area contributed by atoms with Crippen LogP contribution in [0.25, 0.3) is 0 Å². The molecule has 1 aliphatic carbocycles. The molecule has 0 aromatic carbocycles. The van der Waals surface area contributed by atoms with Crippen molar-refractivity contribution in [2.45, 2.75) is 51.2 Å². The van der Waals surface area contributed by atoms with Crippen LogP contribution in [0.2, 0.25) is 0 Å². The molecule has 2 atom stereocenters. The van der Waals surface area contributed by atoms with Crippen molar-refractivity contribution in [1.82, 2.24) is 4.98 Å². The lowest BCUT2D eigenvalue weighted by Gasteiger charge is -2.31. The van der Waals surface area contributed by atoms with Gasteiger partial charge in [0.1, 0.15) is 5.82 Å². The lowest BCUT2D eigenvalue weighted by Crippen LogP contribution is -2.32. The molecule has 1 aromatic rings. The van der Waals surface area contributed by atoms with E-state index >= 15 is 0 Å². The Morgan fingerprint density at radius 2 is 2.00 bits per heavy atom. The number of anilines is 1. The van der Waals surface area contributed by atoms with Crippen LogP contribution in [0.3, 0.4) is 0 Å². The van der Waals surface area contributed by atoms with Gasteiger partial charge in [0.15, 0.2) is 0 Å². The summed E-state index contributed by atoms with van der Waals surface area (Å²) in [5.74, 6) is 1.14. The largest absolute Gasteiger partial charge is 0.417 e. The number of halogens is 3. The van der Waals surface area contributed by atoms with Crippen molar-refractivity contribution in [2.24, 2.45) is 5.92 Å². The molecule has 0 amide bonds. The number of alkyl halides is 3. The van der Waals surface area contributed by atoms with Gasteiger partial charge in [-0.1, -0.05) is 26.2 Å². The summed E-state index contributed by atoms with van der Waals surface area (Å²) in [6.07, 6.45) is 2.36. The average molecular weight is 272 g/mol. The molecule has 1 N–H and O–H groups in total. The Balaban J connectivity index is 2.02. The second-order valence-corrected chi connectivity index (χ2v) is 5.13. The van der Waals surface area contributed by atoms with Crippen molar-refractivity contribution in [3.05, 3.63) is 23.9 Å². The summed E-state index contributed by atoms with van der Waals surface area (Å²) in [5, 5.41) is 3.28. The third-order valence-corrected chi connectivity index (χ3v) is 3.86. The maximum atomic E-state index is 12.4. The molecule has 0 spiro atoms. The van der Waals surface area contributed by atoms with Crippen molar-refractivity contribution in [1.29, 1.82) is 0 Å². The van der Waals surface area contributed by atoms with Gasteiger partial charge >= 0.3 is 6.18 Å². The zero-order valence-electron chi connectivity index (χ0n) is 11.0. The van der Waals surface area contributed by atoms with Gasteiger partial charge in [0.25, 0.3) is 0 Å². The van der Waals surface area contributed by atoms with Gasteiger partial charge in [-0.2, -0.15) is 13.2 Å². The molecule has 2 nitrogen and oxygen atoms in total. The Kier molecular flexibility index (Phi) is 4.32. The molecule has 0 bridgehead atoms. The predicted molar refractivity (Wildman–Crippen MR) is 68.9 cm³/mol. The topological polar surface area (TPSA) is 24.9 Å². The van der Waals surface area contributed by atoms with Crippen LogP contribution in [0.15, 0.2) is 18.3 Å². The molecule has 1 aromatic heterocycles. The van der Waals surface area contributed by atoms with Gasteiger partial charge in [0.05, 0.1) is 5.56 Å². The molecular formula is C14H19F3N2. The van der Waals surface area contributed by atoms with Crippen LogP contribution in [0.4, 0.5) is 19.0 Å². The van der Waals surface area contributed by atoms with Crippen molar-refractivity contribution in [3.8, 4) is 0 Å². The van der Waals surface area contributed by atoms with Crippen molar-refractivity contribution >= 4 is 5.82 Å². The van der Waals surface area contributed by atoms with Crippen molar-refractivity contribution < 1.29 is 13.2 Å². The van der Waals surface area contributed by atoms with Gasteiger partial charge in [-0.05, 0) is 30.9 Å². The summed E-state index contributed by atoms with van der Waals surface area (Å²) in [6.45, 7) is 2.16. The standard InChI is InChI=1S/C14H19F3N2/c1-2-10-5-3-4-6-12(10)19-13-8-7-11(9-18-13)14(15,16)17/h7-10,12H,2-6H2,1H3,(H,18,19). The van der Waals surface area contributed by atoms with Crippen LogP contribution >= 0.6 is 0 Å². The van der Waals surface area contributed by atoms with E-state index in [2.05, 4.69) is 17.2 Å². The van der Waals surface area contributed by atoms with Gasteiger partial charge in [0.2, 0.25) is 0 Å². The van der Waals surface area contributed by atoms with E-state index in [1.165, 1.54) is 25.3 Å². The molecule has 2 rings (SSSR count). The first-order valence-corrected chi connectivity index (χ1v) is 6.80. The predicted octanol–water partition coefficient (Wildman–Crippen LogP) is 4.48. The van der Waals surface area contributed by atoms with Crippen LogP contribution < -0.4 is 5.32 Å². The Hall–Kier alpha value is -1.26. The number of nitrogens with one attached hydrogen (secondary N) is 1. The maximum Gasteiger partial charge on any atom is 0.417 e. The van der Waals surface area contributed by atoms with Gasteiger partial charge < -0.3 is 5.32 Å². The SMILES string of the molecule is CCC1CCCCC1Nc1ccc(C(F)(F)F)cn1. The summed E-state index contributed by atoms with van der Waals surface area (Å²) >= 11 is 0. The number of pyridine rings is 1. The number of aromatic nitrogens is 1. The van der Waals surface area contributed by atoms with Gasteiger partial charge in [-0.15, -0.1) is 0 Å². The maximum absolute atomic E-state index is 12.4. The lowest BCUT2D eigenvalue weighted by atomic mass is 9.83. The minimum atomic E-state index is -4.32. The number of hydrogen-bond donors (Lipinski definition) is 1. The number of hydrogen-bond acceptors (Lipinski definition) is 2. The van der Waals surface area contributed by atoms with E-state index in [0.29, 0.717) is 17.8 Å². The van der Waals surface area contributed by atoms with Crippen LogP contribution in [0.1, 0.15) is 44.6 Å². The highest BCUT2D eigenvalue weighted by molar-refractivity contribution is 5.37. The molecule has 1 fully saturated rings. The molecule has 0 radical (unpaired) electrons. The Bertz CT molecular complexity index is 400. The van der Waals surface area contributed by atoms with Crippen LogP contribution in [-0.2, 0) is 6.18 Å². The van der Waals surface area contributed by atoms with E-state index in [9.17, 15) is 13.2 Å². The van der Waals surface area contributed by atoms with Crippen molar-refractivity contribution in [2.75, 3.05) is 5.32 Å². The summed E-state index contributed by atoms with van der Waals surface area (Å²) in [5.41, 5.74) is -0.700. The van der Waals surface area contributed by atoms with E-state index in [-0.39, 0.29) is 0 Å². The third kappa shape index (κ3) is 3.61. The lowest BCUT2D eigenvalue weighted by molar-refractivity contribution is -0.137. The van der Waals surface area contributed by atoms with Gasteiger partial charge in [-0.25, -0.2) is 4.98 Å². The molecule has 1 heterocycles. The van der Waals surface area contributed by atoms with Crippen LogP contribution in [0, 0.1) is 5.92 Å². The molecule has 106 valence electrons. The quantitative estimate of drug-likeness (QED) is 0.877. The summed E-state index contributed by atoms with van der Waals surface area (Å²) in [4.78, 5) is 3.88.